The predicted molar refractivity (Wildman–Crippen MR) is 276 cm³/mol. The van der Waals surface area contributed by atoms with Gasteiger partial charge < -0.3 is 19.8 Å². The lowest BCUT2D eigenvalue weighted by atomic mass is 9.30. The molecule has 10 rings (SSSR count). The van der Waals surface area contributed by atoms with E-state index < -0.39 is 10.8 Å². The summed E-state index contributed by atoms with van der Waals surface area (Å²) < 4.78 is 12.6. The average Bonchev–Trinajstić information content (AvgIpc) is 3.96. The molecule has 6 saturated carbocycles. The number of imidazole rings is 1. The summed E-state index contributed by atoms with van der Waals surface area (Å²) in [6.45, 7) is 30.6. The smallest absolute Gasteiger partial charge is 0.309 e. The first-order valence-corrected chi connectivity index (χ1v) is 27.4. The van der Waals surface area contributed by atoms with Gasteiger partial charge in [0.15, 0.2) is 0 Å². The van der Waals surface area contributed by atoms with Crippen LogP contribution in [0.1, 0.15) is 164 Å². The number of esters is 2. The maximum absolute atomic E-state index is 15.4. The number of hydrogen-bond acceptors (Lipinski definition) is 7. The number of carbonyl (C=O) groups excluding carboxylic acids is 3. The van der Waals surface area contributed by atoms with Gasteiger partial charge >= 0.3 is 11.9 Å². The normalized spacial score (nSPS) is 38.6. The van der Waals surface area contributed by atoms with Crippen LogP contribution < -0.4 is 5.32 Å². The van der Waals surface area contributed by atoms with Crippen LogP contribution in [0, 0.1) is 73.9 Å². The minimum Gasteiger partial charge on any atom is -0.461 e. The first-order valence-electron chi connectivity index (χ1n) is 27.4. The molecule has 2 heterocycles. The SMILES string of the molecule is C=C(C)[C@@H]1CC[C@]2(C(=O)N[C@H](c3ncc(-c4ccccc4)[nH]3)C(C)C)CC[C@]3(C)[C@H](CC[C@H]4[C@@]3(C)CC[C@@]3(N5CCC5)C(C)(C)[C@@H](OC(=O)[C@H]5C[C@@H](C(=O)OCc6ccccc6)C5(C)C)CC[C@]43C)[C@@H]12. The Morgan fingerprint density at radius 1 is 0.800 bits per heavy atom. The quantitative estimate of drug-likeness (QED) is 0.137. The molecule has 1 saturated heterocycles. The molecule has 0 radical (unpaired) electrons. The van der Waals surface area contributed by atoms with Crippen molar-refractivity contribution in [1.82, 2.24) is 20.2 Å². The van der Waals surface area contributed by atoms with E-state index in [-0.39, 0.29) is 87.5 Å². The maximum Gasteiger partial charge on any atom is 0.309 e. The number of rotatable bonds is 12. The van der Waals surface area contributed by atoms with Crippen molar-refractivity contribution in [2.24, 2.45) is 73.9 Å². The summed E-state index contributed by atoms with van der Waals surface area (Å²) >= 11 is 0. The lowest BCUT2D eigenvalue weighted by Crippen LogP contribution is -2.80. The molecule has 9 heteroatoms. The molecule has 7 aliphatic rings. The molecule has 0 spiro atoms. The number of hydrogen-bond donors (Lipinski definition) is 2. The predicted octanol–water partition coefficient (Wildman–Crippen LogP) is 12.7. The van der Waals surface area contributed by atoms with Crippen molar-refractivity contribution >= 4 is 17.8 Å². The number of benzene rings is 2. The summed E-state index contributed by atoms with van der Waals surface area (Å²) in [5.74, 6) is 1.62. The summed E-state index contributed by atoms with van der Waals surface area (Å²) in [4.78, 5) is 54.6. The number of carbonyl (C=O) groups is 3. The van der Waals surface area contributed by atoms with Crippen LogP contribution in [0.2, 0.25) is 0 Å². The Labute approximate surface area is 419 Å². The van der Waals surface area contributed by atoms with Crippen LogP contribution in [-0.2, 0) is 30.5 Å². The van der Waals surface area contributed by atoms with Crippen molar-refractivity contribution < 1.29 is 23.9 Å². The van der Waals surface area contributed by atoms with Gasteiger partial charge in [-0.1, -0.05) is 135 Å². The second-order valence-corrected chi connectivity index (χ2v) is 26.0. The Morgan fingerprint density at radius 3 is 2.11 bits per heavy atom. The van der Waals surface area contributed by atoms with Crippen LogP contribution in [0.4, 0.5) is 0 Å². The van der Waals surface area contributed by atoms with Crippen LogP contribution in [0.25, 0.3) is 11.3 Å². The first-order chi connectivity index (χ1) is 33.2. The zero-order valence-electron chi connectivity index (χ0n) is 44.3. The molecule has 1 aliphatic heterocycles. The van der Waals surface area contributed by atoms with E-state index in [4.69, 9.17) is 14.5 Å². The Hall–Kier alpha value is -4.24. The third kappa shape index (κ3) is 7.12. The third-order valence-corrected chi connectivity index (χ3v) is 22.4. The number of nitrogens with zero attached hydrogens (tertiary/aromatic N) is 2. The van der Waals surface area contributed by atoms with Gasteiger partial charge in [-0.3, -0.25) is 19.3 Å². The Kier molecular flexibility index (Phi) is 12.3. The van der Waals surface area contributed by atoms with Crippen LogP contribution in [0.15, 0.2) is 79.0 Å². The summed E-state index contributed by atoms with van der Waals surface area (Å²) in [5, 5.41) is 3.67. The minimum absolute atomic E-state index is 0.00558. The van der Waals surface area contributed by atoms with Crippen molar-refractivity contribution in [2.45, 2.75) is 171 Å². The Morgan fingerprint density at radius 2 is 1.47 bits per heavy atom. The molecule has 7 fully saturated rings. The molecule has 0 bridgehead atoms. The number of aromatic amines is 1. The van der Waals surface area contributed by atoms with Crippen LogP contribution in [0.3, 0.4) is 0 Å². The zero-order chi connectivity index (χ0) is 49.8. The van der Waals surface area contributed by atoms with Crippen LogP contribution >= 0.6 is 0 Å². The fraction of sp³-hybridized carbons (Fsp3) is 0.672. The van der Waals surface area contributed by atoms with E-state index in [0.717, 1.165) is 99.9 Å². The molecule has 2 N–H and O–H groups in total. The lowest BCUT2D eigenvalue weighted by Gasteiger charge is -2.78. The van der Waals surface area contributed by atoms with Gasteiger partial charge in [-0.15, -0.1) is 0 Å². The third-order valence-electron chi connectivity index (χ3n) is 22.4. The minimum atomic E-state index is -0.545. The van der Waals surface area contributed by atoms with E-state index >= 15 is 4.79 Å². The molecule has 70 heavy (non-hydrogen) atoms. The molecule has 0 unspecified atom stereocenters. The zero-order valence-corrected chi connectivity index (χ0v) is 44.3. The fourth-order valence-electron chi connectivity index (χ4n) is 18.1. The Balaban J connectivity index is 0.892. The fourth-order valence-corrected chi connectivity index (χ4v) is 18.1. The summed E-state index contributed by atoms with van der Waals surface area (Å²) in [5.41, 5.74) is 2.98. The number of nitrogens with one attached hydrogen (secondary N) is 2. The van der Waals surface area contributed by atoms with Gasteiger partial charge in [-0.05, 0) is 159 Å². The second-order valence-electron chi connectivity index (χ2n) is 26.0. The van der Waals surface area contributed by atoms with Gasteiger partial charge in [0.2, 0.25) is 5.91 Å². The largest absolute Gasteiger partial charge is 0.461 e. The molecule has 378 valence electrons. The highest BCUT2D eigenvalue weighted by Crippen LogP contribution is 2.79. The number of H-pyrrole nitrogens is 1. The number of amides is 1. The highest BCUT2D eigenvalue weighted by Gasteiger charge is 2.77. The van der Waals surface area contributed by atoms with Gasteiger partial charge in [0, 0.05) is 11.0 Å². The van der Waals surface area contributed by atoms with E-state index in [2.05, 4.69) is 89.3 Å². The van der Waals surface area contributed by atoms with Crippen molar-refractivity contribution in [2.75, 3.05) is 13.1 Å². The van der Waals surface area contributed by atoms with Gasteiger partial charge in [0.1, 0.15) is 18.5 Å². The molecule has 13 atom stereocenters. The monoisotopic (exact) mass is 953 g/mol. The van der Waals surface area contributed by atoms with E-state index in [1.54, 1.807) is 0 Å². The molecule has 9 nitrogen and oxygen atoms in total. The van der Waals surface area contributed by atoms with Crippen molar-refractivity contribution in [3.8, 4) is 11.3 Å². The highest BCUT2D eigenvalue weighted by atomic mass is 16.5. The van der Waals surface area contributed by atoms with E-state index in [1.807, 2.05) is 68.6 Å². The lowest BCUT2D eigenvalue weighted by molar-refractivity contribution is -0.297. The van der Waals surface area contributed by atoms with Crippen LogP contribution in [0.5, 0.6) is 0 Å². The maximum atomic E-state index is 15.4. The molecule has 2 aromatic carbocycles. The number of allylic oxidation sites excluding steroid dienone is 1. The molecular formula is C61H84N4O5. The second kappa shape index (κ2) is 17.5. The standard InChI is InChI=1S/C61H84N4O5/c1-38(2)42-25-28-60(54(68)64-50(39(3)4)51-62-36-46(63-51)41-21-16-13-17-22-41)31-29-57(9)43(49(42)60)23-24-47-58(57,10)30-32-61(65-33-18-34-65)56(7,8)48(26-27-59(47,61)11)70-53(67)45-35-44(55(45,5)6)52(66)69-37-40-19-14-12-15-20-40/h12-17,19-22,36,39,42-45,47-50H,1,18,23-35,37H2,2-11H3,(H,62,63)(H,64,68)/t42-,43+,44-,45+,47-,48-,49+,50-,57+,58+,59+,60-,61+/m0/s1. The van der Waals surface area contributed by atoms with Gasteiger partial charge in [0.25, 0.3) is 0 Å². The van der Waals surface area contributed by atoms with Gasteiger partial charge in [-0.2, -0.15) is 0 Å². The summed E-state index contributed by atoms with van der Waals surface area (Å²) in [6, 6.07) is 19.9. The van der Waals surface area contributed by atoms with E-state index in [1.165, 1.54) is 12.0 Å². The number of fused-ring (bicyclic) bond motifs is 7. The van der Waals surface area contributed by atoms with E-state index in [0.29, 0.717) is 24.2 Å². The van der Waals surface area contributed by atoms with Crippen LogP contribution in [-0.4, -0.2) is 57.4 Å². The molecule has 6 aliphatic carbocycles. The molecule has 1 aromatic heterocycles. The summed E-state index contributed by atoms with van der Waals surface area (Å²) in [7, 11) is 0. The molecule has 1 amide bonds. The van der Waals surface area contributed by atoms with Crippen molar-refractivity contribution in [3.63, 3.8) is 0 Å². The molecular weight excluding hydrogens is 869 g/mol. The van der Waals surface area contributed by atoms with Crippen molar-refractivity contribution in [1.29, 1.82) is 0 Å². The first kappa shape index (κ1) is 49.3. The molecule has 3 aromatic rings. The summed E-state index contributed by atoms with van der Waals surface area (Å²) in [6.07, 6.45) is 13.6. The van der Waals surface area contributed by atoms with Gasteiger partial charge in [-0.25, -0.2) is 4.98 Å². The van der Waals surface area contributed by atoms with Crippen molar-refractivity contribution in [3.05, 3.63) is 90.4 Å². The number of aromatic nitrogens is 2. The van der Waals surface area contributed by atoms with Gasteiger partial charge in [0.05, 0.1) is 35.2 Å². The number of likely N-dealkylation sites (tertiary alicyclic amines) is 1. The number of ether oxygens (including phenoxy) is 2. The van der Waals surface area contributed by atoms with E-state index in [9.17, 15) is 9.59 Å². The highest BCUT2D eigenvalue weighted by molar-refractivity contribution is 5.84. The Bertz CT molecular complexity index is 2480. The average molecular weight is 953 g/mol. The topological polar surface area (TPSA) is 114 Å².